The Morgan fingerprint density at radius 3 is 2.26 bits per heavy atom. The maximum atomic E-state index is 12.8. The van der Waals surface area contributed by atoms with Crippen molar-refractivity contribution in [1.29, 1.82) is 5.26 Å². The normalized spacial score (nSPS) is 14.8. The number of amides is 1. The third-order valence-corrected chi connectivity index (χ3v) is 7.27. The molecule has 178 valence electrons. The third kappa shape index (κ3) is 7.27. The number of rotatable bonds is 8. The van der Waals surface area contributed by atoms with Crippen molar-refractivity contribution in [2.75, 3.05) is 25.0 Å². The molecule has 2 aromatic rings. The van der Waals surface area contributed by atoms with E-state index in [1.54, 1.807) is 36.4 Å². The van der Waals surface area contributed by atoms with Gasteiger partial charge in [-0.25, -0.2) is 13.2 Å². The molecule has 1 fully saturated rings. The van der Waals surface area contributed by atoms with E-state index in [-0.39, 0.29) is 11.3 Å². The van der Waals surface area contributed by atoms with Crippen molar-refractivity contribution < 1.29 is 22.7 Å². The van der Waals surface area contributed by atoms with Crippen molar-refractivity contribution in [3.63, 3.8) is 0 Å². The first-order chi connectivity index (χ1) is 16.4. The van der Waals surface area contributed by atoms with Crippen LogP contribution in [0.2, 0.25) is 0 Å². The van der Waals surface area contributed by atoms with E-state index in [1.807, 2.05) is 6.07 Å². The van der Waals surface area contributed by atoms with Crippen molar-refractivity contribution >= 4 is 33.7 Å². The van der Waals surface area contributed by atoms with E-state index in [1.165, 1.54) is 28.6 Å². The molecular formula is C25H27N3O5S. The molecule has 0 aromatic heterocycles. The highest BCUT2D eigenvalue weighted by Gasteiger charge is 2.24. The first kappa shape index (κ1) is 25.1. The third-order valence-electron chi connectivity index (χ3n) is 5.36. The van der Waals surface area contributed by atoms with E-state index in [0.717, 1.165) is 31.2 Å². The van der Waals surface area contributed by atoms with Gasteiger partial charge in [-0.3, -0.25) is 4.79 Å². The molecule has 34 heavy (non-hydrogen) atoms. The van der Waals surface area contributed by atoms with Gasteiger partial charge in [0.25, 0.3) is 5.91 Å². The van der Waals surface area contributed by atoms with Crippen LogP contribution in [0.4, 0.5) is 5.69 Å². The summed E-state index contributed by atoms with van der Waals surface area (Å²) in [6, 6.07) is 15.2. The van der Waals surface area contributed by atoms with Crippen LogP contribution in [0.15, 0.2) is 59.5 Å². The molecule has 1 amide bonds. The number of nitrogens with zero attached hydrogens (tertiary/aromatic N) is 2. The van der Waals surface area contributed by atoms with Crippen LogP contribution >= 0.6 is 0 Å². The lowest BCUT2D eigenvalue weighted by molar-refractivity contribution is -0.142. The molecule has 0 bridgehead atoms. The summed E-state index contributed by atoms with van der Waals surface area (Å²) in [6.07, 6.45) is 6.80. The van der Waals surface area contributed by atoms with E-state index in [4.69, 9.17) is 10.00 Å². The minimum absolute atomic E-state index is 0.228. The van der Waals surface area contributed by atoms with Crippen molar-refractivity contribution in [2.24, 2.45) is 0 Å². The lowest BCUT2D eigenvalue weighted by Gasteiger charge is -2.19. The van der Waals surface area contributed by atoms with E-state index < -0.39 is 28.5 Å². The number of esters is 1. The predicted molar refractivity (Wildman–Crippen MR) is 128 cm³/mol. The van der Waals surface area contributed by atoms with Gasteiger partial charge in [-0.2, -0.15) is 9.57 Å². The van der Waals surface area contributed by atoms with Gasteiger partial charge in [0.05, 0.1) is 17.4 Å². The standard InChI is InChI=1S/C25H27N3O5S/c26-16-15-21-5-10-22(11-6-21)27-24(29)19-33-25(30)14-9-20-7-12-23(13-8-20)34(31,32)28-17-3-1-2-4-18-28/h5-14H,1-4,15,17-19H2,(H,27,29)/b14-9+. The summed E-state index contributed by atoms with van der Waals surface area (Å²) in [7, 11) is -3.52. The van der Waals surface area contributed by atoms with Gasteiger partial charge in [0.15, 0.2) is 6.61 Å². The van der Waals surface area contributed by atoms with Crippen LogP contribution in [0.3, 0.4) is 0 Å². The van der Waals surface area contributed by atoms with Crippen LogP contribution in [0, 0.1) is 11.3 Å². The van der Waals surface area contributed by atoms with E-state index in [0.29, 0.717) is 24.3 Å². The maximum absolute atomic E-state index is 12.8. The Hall–Kier alpha value is -3.48. The van der Waals surface area contributed by atoms with Crippen molar-refractivity contribution in [1.82, 2.24) is 4.31 Å². The topological polar surface area (TPSA) is 117 Å². The van der Waals surface area contributed by atoms with Crippen molar-refractivity contribution in [3.05, 3.63) is 65.7 Å². The van der Waals surface area contributed by atoms with Crippen LogP contribution in [-0.4, -0.2) is 44.3 Å². The molecule has 9 heteroatoms. The highest BCUT2D eigenvalue weighted by molar-refractivity contribution is 7.89. The van der Waals surface area contributed by atoms with E-state index in [9.17, 15) is 18.0 Å². The average Bonchev–Trinajstić information content (AvgIpc) is 3.13. The summed E-state index contributed by atoms with van der Waals surface area (Å²) in [4.78, 5) is 24.1. The van der Waals surface area contributed by atoms with Crippen LogP contribution in [0.25, 0.3) is 6.08 Å². The number of ether oxygens (including phenoxy) is 1. The maximum Gasteiger partial charge on any atom is 0.331 e. The fraction of sp³-hybridized carbons (Fsp3) is 0.320. The van der Waals surface area contributed by atoms with Gasteiger partial charge >= 0.3 is 5.97 Å². The lowest BCUT2D eigenvalue weighted by Crippen LogP contribution is -2.31. The van der Waals surface area contributed by atoms with Crippen LogP contribution in [0.5, 0.6) is 0 Å². The zero-order valence-corrected chi connectivity index (χ0v) is 19.6. The number of carbonyl (C=O) groups excluding carboxylic acids is 2. The van der Waals surface area contributed by atoms with Gasteiger partial charge in [-0.1, -0.05) is 37.1 Å². The first-order valence-corrected chi connectivity index (χ1v) is 12.5. The smallest absolute Gasteiger partial charge is 0.331 e. The number of hydrogen-bond donors (Lipinski definition) is 1. The Morgan fingerprint density at radius 1 is 1.00 bits per heavy atom. The Bertz CT molecular complexity index is 1160. The Kier molecular flexibility index (Phi) is 8.96. The molecule has 0 unspecified atom stereocenters. The molecule has 1 N–H and O–H groups in total. The second kappa shape index (κ2) is 12.1. The second-order valence-corrected chi connectivity index (χ2v) is 9.85. The minimum atomic E-state index is -3.52. The largest absolute Gasteiger partial charge is 0.452 e. The first-order valence-electron chi connectivity index (χ1n) is 11.1. The molecule has 1 heterocycles. The van der Waals surface area contributed by atoms with Gasteiger partial charge in [0.1, 0.15) is 0 Å². The number of nitriles is 1. The highest BCUT2D eigenvalue weighted by atomic mass is 32.2. The molecule has 3 rings (SSSR count). The van der Waals surface area contributed by atoms with Crippen molar-refractivity contribution in [2.45, 2.75) is 37.0 Å². The average molecular weight is 482 g/mol. The van der Waals surface area contributed by atoms with Crippen LogP contribution in [-0.2, 0) is 30.8 Å². The molecule has 0 radical (unpaired) electrons. The number of anilines is 1. The fourth-order valence-electron chi connectivity index (χ4n) is 3.53. The summed E-state index contributed by atoms with van der Waals surface area (Å²) in [5.41, 5.74) is 2.01. The molecular weight excluding hydrogens is 454 g/mol. The molecule has 1 aliphatic heterocycles. The zero-order valence-electron chi connectivity index (χ0n) is 18.8. The van der Waals surface area contributed by atoms with Crippen LogP contribution < -0.4 is 5.32 Å². The van der Waals surface area contributed by atoms with Gasteiger partial charge in [0.2, 0.25) is 10.0 Å². The molecule has 0 atom stereocenters. The van der Waals surface area contributed by atoms with Gasteiger partial charge in [-0.05, 0) is 54.3 Å². The van der Waals surface area contributed by atoms with Gasteiger partial charge < -0.3 is 10.1 Å². The Balaban J connectivity index is 1.48. The molecule has 0 aliphatic carbocycles. The SMILES string of the molecule is N#CCc1ccc(NC(=O)COC(=O)/C=C/c2ccc(S(=O)(=O)N3CCCCCC3)cc2)cc1. The number of benzene rings is 2. The lowest BCUT2D eigenvalue weighted by atomic mass is 10.1. The number of hydrogen-bond acceptors (Lipinski definition) is 6. The zero-order chi connectivity index (χ0) is 24.4. The Labute approximate surface area is 199 Å². The summed E-state index contributed by atoms with van der Waals surface area (Å²) in [6.45, 7) is 0.627. The summed E-state index contributed by atoms with van der Waals surface area (Å²) < 4.78 is 32.1. The molecule has 1 saturated heterocycles. The van der Waals surface area contributed by atoms with Crippen molar-refractivity contribution in [3.8, 4) is 6.07 Å². The number of sulfonamides is 1. The summed E-state index contributed by atoms with van der Waals surface area (Å²) in [5.74, 6) is -1.18. The number of carbonyl (C=O) groups is 2. The molecule has 0 spiro atoms. The highest BCUT2D eigenvalue weighted by Crippen LogP contribution is 2.21. The summed E-state index contributed by atoms with van der Waals surface area (Å²) in [5, 5.41) is 11.3. The van der Waals surface area contributed by atoms with Crippen LogP contribution in [0.1, 0.15) is 36.8 Å². The molecule has 1 aliphatic rings. The quantitative estimate of drug-likeness (QED) is 0.456. The van der Waals surface area contributed by atoms with Gasteiger partial charge in [-0.15, -0.1) is 0 Å². The number of nitrogens with one attached hydrogen (secondary N) is 1. The monoisotopic (exact) mass is 481 g/mol. The molecule has 8 nitrogen and oxygen atoms in total. The van der Waals surface area contributed by atoms with E-state index >= 15 is 0 Å². The summed E-state index contributed by atoms with van der Waals surface area (Å²) >= 11 is 0. The molecule has 2 aromatic carbocycles. The predicted octanol–water partition coefficient (Wildman–Crippen LogP) is 3.51. The van der Waals surface area contributed by atoms with Gasteiger partial charge in [0, 0.05) is 24.9 Å². The molecule has 0 saturated carbocycles. The van der Waals surface area contributed by atoms with E-state index in [2.05, 4.69) is 5.32 Å². The minimum Gasteiger partial charge on any atom is -0.452 e. The Morgan fingerprint density at radius 2 is 1.65 bits per heavy atom. The second-order valence-electron chi connectivity index (χ2n) is 7.91. The fourth-order valence-corrected chi connectivity index (χ4v) is 5.04.